The minimum Gasteiger partial charge on any atom is -0.408 e. The third-order valence-corrected chi connectivity index (χ3v) is 5.28. The Kier molecular flexibility index (Phi) is 6.45. The van der Waals surface area contributed by atoms with Gasteiger partial charge in [-0.1, -0.05) is 60.7 Å². The van der Waals surface area contributed by atoms with Crippen LogP contribution >= 0.6 is 0 Å². The maximum absolute atomic E-state index is 6.37. The summed E-state index contributed by atoms with van der Waals surface area (Å²) in [5.41, 5.74) is 2.25. The van der Waals surface area contributed by atoms with E-state index in [1.54, 1.807) is 0 Å². The number of benzene rings is 2. The van der Waals surface area contributed by atoms with Crippen LogP contribution in [0.4, 0.5) is 0 Å². The quantitative estimate of drug-likeness (QED) is 0.716. The molecule has 0 amide bonds. The largest absolute Gasteiger partial charge is 0.454 e. The van der Waals surface area contributed by atoms with E-state index in [1.807, 2.05) is 50.1 Å². The van der Waals surface area contributed by atoms with Crippen LogP contribution < -0.4 is 0 Å². The average molecular weight is 382 g/mol. The molecule has 2 fully saturated rings. The molecule has 2 saturated heterocycles. The molecule has 2 aliphatic rings. The van der Waals surface area contributed by atoms with Crippen molar-refractivity contribution in [3.8, 4) is 0 Å². The van der Waals surface area contributed by atoms with E-state index in [-0.39, 0.29) is 37.6 Å². The van der Waals surface area contributed by atoms with E-state index in [9.17, 15) is 0 Å². The normalized spacial score (nSPS) is 30.1. The van der Waals surface area contributed by atoms with Crippen molar-refractivity contribution in [1.82, 2.24) is 0 Å². The Balaban J connectivity index is 1.50. The highest BCUT2D eigenvalue weighted by Crippen LogP contribution is 2.32. The second-order valence-corrected chi connectivity index (χ2v) is 7.40. The van der Waals surface area contributed by atoms with Gasteiger partial charge in [0.05, 0.1) is 32.0 Å². The van der Waals surface area contributed by atoms with Crippen LogP contribution in [0.3, 0.4) is 0 Å². The Hall–Kier alpha value is -1.70. The standard InChI is InChI=1S/C22H27BO5/c1-16-20(24-13-17-9-5-3-6-10-17)22(25-14-18-11-7-4-8-12-18)21-19(27-16)15-26-23(2)28-21/h3-12,16,19-22H,13-15H2,1-2H3/t16-,19?,20?,21-,22-/m0/s1. The topological polar surface area (TPSA) is 46.2 Å². The molecule has 5 nitrogen and oxygen atoms in total. The third kappa shape index (κ3) is 4.65. The van der Waals surface area contributed by atoms with Crippen molar-refractivity contribution in [3.63, 3.8) is 0 Å². The first-order valence-corrected chi connectivity index (χ1v) is 9.94. The predicted molar refractivity (Wildman–Crippen MR) is 107 cm³/mol. The fourth-order valence-corrected chi connectivity index (χ4v) is 3.84. The summed E-state index contributed by atoms with van der Waals surface area (Å²) in [7, 11) is -0.282. The van der Waals surface area contributed by atoms with E-state index < -0.39 is 0 Å². The van der Waals surface area contributed by atoms with Gasteiger partial charge in [0, 0.05) is 0 Å². The second kappa shape index (κ2) is 9.20. The summed E-state index contributed by atoms with van der Waals surface area (Å²) in [5.74, 6) is 0. The minimum atomic E-state index is -0.282. The summed E-state index contributed by atoms with van der Waals surface area (Å²) in [4.78, 5) is 0. The fraction of sp³-hybridized carbons (Fsp3) is 0.455. The summed E-state index contributed by atoms with van der Waals surface area (Å²) in [6.45, 7) is 5.46. The Morgan fingerprint density at radius 2 is 1.46 bits per heavy atom. The molecule has 0 radical (unpaired) electrons. The van der Waals surface area contributed by atoms with Gasteiger partial charge in [-0.15, -0.1) is 0 Å². The van der Waals surface area contributed by atoms with Crippen molar-refractivity contribution in [1.29, 1.82) is 0 Å². The second-order valence-electron chi connectivity index (χ2n) is 7.40. The molecule has 2 unspecified atom stereocenters. The minimum absolute atomic E-state index is 0.119. The summed E-state index contributed by atoms with van der Waals surface area (Å²) in [6, 6.07) is 20.3. The summed E-state index contributed by atoms with van der Waals surface area (Å²) in [6.07, 6.45) is -0.946. The summed E-state index contributed by atoms with van der Waals surface area (Å²) in [5, 5.41) is 0. The molecule has 0 N–H and O–H groups in total. The first-order chi connectivity index (χ1) is 13.7. The molecule has 0 saturated carbocycles. The molecule has 2 aliphatic heterocycles. The molecular formula is C22H27BO5. The first-order valence-electron chi connectivity index (χ1n) is 9.94. The number of fused-ring (bicyclic) bond motifs is 1. The third-order valence-electron chi connectivity index (χ3n) is 5.28. The highest BCUT2D eigenvalue weighted by molar-refractivity contribution is 6.42. The van der Waals surface area contributed by atoms with Crippen LogP contribution in [0.5, 0.6) is 0 Å². The van der Waals surface area contributed by atoms with Gasteiger partial charge in [-0.3, -0.25) is 0 Å². The smallest absolute Gasteiger partial charge is 0.408 e. The van der Waals surface area contributed by atoms with E-state index in [2.05, 4.69) is 24.3 Å². The van der Waals surface area contributed by atoms with Crippen LogP contribution in [0.25, 0.3) is 0 Å². The maximum atomic E-state index is 6.37. The zero-order valence-electron chi connectivity index (χ0n) is 16.4. The molecule has 0 aliphatic carbocycles. The van der Waals surface area contributed by atoms with E-state index in [1.165, 1.54) is 0 Å². The molecular weight excluding hydrogens is 355 g/mol. The van der Waals surface area contributed by atoms with Crippen molar-refractivity contribution in [2.45, 2.75) is 57.5 Å². The Morgan fingerprint density at radius 3 is 2.07 bits per heavy atom. The van der Waals surface area contributed by atoms with Gasteiger partial charge < -0.3 is 23.5 Å². The zero-order valence-corrected chi connectivity index (χ0v) is 16.4. The molecule has 148 valence electrons. The molecule has 2 aromatic rings. The lowest BCUT2D eigenvalue weighted by Gasteiger charge is -2.48. The summed E-state index contributed by atoms with van der Waals surface area (Å²) < 4.78 is 30.5. The monoisotopic (exact) mass is 382 g/mol. The highest BCUT2D eigenvalue weighted by atomic mass is 16.7. The maximum Gasteiger partial charge on any atom is 0.454 e. The van der Waals surface area contributed by atoms with Gasteiger partial charge in [-0.05, 0) is 24.9 Å². The molecule has 2 aromatic carbocycles. The van der Waals surface area contributed by atoms with Gasteiger partial charge in [-0.25, -0.2) is 0 Å². The number of hydrogen-bond acceptors (Lipinski definition) is 5. The lowest BCUT2D eigenvalue weighted by atomic mass is 9.86. The zero-order chi connectivity index (χ0) is 19.3. The van der Waals surface area contributed by atoms with Gasteiger partial charge in [0.15, 0.2) is 0 Å². The number of rotatable bonds is 6. The Labute approximate surface area is 167 Å². The Morgan fingerprint density at radius 1 is 0.893 bits per heavy atom. The van der Waals surface area contributed by atoms with E-state index in [0.29, 0.717) is 19.8 Å². The lowest BCUT2D eigenvalue weighted by molar-refractivity contribution is -0.259. The SMILES string of the molecule is CB1OCC2O[C@@H](C)C(OCc3ccccc3)[C@H](OCc3ccccc3)[C@H]2O1. The van der Waals surface area contributed by atoms with Gasteiger partial charge in [0.2, 0.25) is 0 Å². The van der Waals surface area contributed by atoms with E-state index in [4.69, 9.17) is 23.5 Å². The van der Waals surface area contributed by atoms with Crippen LogP contribution in [0.15, 0.2) is 60.7 Å². The van der Waals surface area contributed by atoms with Gasteiger partial charge in [0.25, 0.3) is 0 Å². The first kappa shape index (κ1) is 19.6. The summed E-state index contributed by atoms with van der Waals surface area (Å²) >= 11 is 0. The molecule has 28 heavy (non-hydrogen) atoms. The van der Waals surface area contributed by atoms with Crippen LogP contribution in [0.2, 0.25) is 6.82 Å². The number of ether oxygens (including phenoxy) is 3. The highest BCUT2D eigenvalue weighted by Gasteiger charge is 2.49. The predicted octanol–water partition coefficient (Wildman–Crippen LogP) is 3.48. The van der Waals surface area contributed by atoms with E-state index in [0.717, 1.165) is 11.1 Å². The van der Waals surface area contributed by atoms with Gasteiger partial charge in [-0.2, -0.15) is 0 Å². The number of hydrogen-bond donors (Lipinski definition) is 0. The molecule has 0 aromatic heterocycles. The van der Waals surface area contributed by atoms with Crippen molar-refractivity contribution in [3.05, 3.63) is 71.8 Å². The van der Waals surface area contributed by atoms with Crippen LogP contribution in [-0.2, 0) is 36.7 Å². The van der Waals surface area contributed by atoms with Crippen molar-refractivity contribution in [2.75, 3.05) is 6.61 Å². The molecule has 0 spiro atoms. The van der Waals surface area contributed by atoms with Gasteiger partial charge in [0.1, 0.15) is 18.3 Å². The van der Waals surface area contributed by atoms with Crippen LogP contribution in [0.1, 0.15) is 18.1 Å². The lowest BCUT2D eigenvalue weighted by Crippen LogP contribution is -2.63. The van der Waals surface area contributed by atoms with Crippen molar-refractivity contribution >= 4 is 7.12 Å². The van der Waals surface area contributed by atoms with E-state index >= 15 is 0 Å². The molecule has 2 heterocycles. The van der Waals surface area contributed by atoms with Crippen LogP contribution in [0, 0.1) is 0 Å². The molecule has 0 bridgehead atoms. The van der Waals surface area contributed by atoms with Crippen LogP contribution in [-0.4, -0.2) is 44.2 Å². The fourth-order valence-electron chi connectivity index (χ4n) is 3.84. The van der Waals surface area contributed by atoms with Gasteiger partial charge >= 0.3 is 7.12 Å². The molecule has 4 rings (SSSR count). The molecule has 5 atom stereocenters. The average Bonchev–Trinajstić information content (AvgIpc) is 2.73. The van der Waals surface area contributed by atoms with Crippen molar-refractivity contribution < 1.29 is 23.5 Å². The molecule has 6 heteroatoms. The Bertz CT molecular complexity index is 728. The van der Waals surface area contributed by atoms with Crippen molar-refractivity contribution in [2.24, 2.45) is 0 Å².